The molecule has 0 atom stereocenters. The Labute approximate surface area is 121 Å². The first kappa shape index (κ1) is 13.8. The molecule has 0 radical (unpaired) electrons. The van der Waals surface area contributed by atoms with Crippen molar-refractivity contribution in [3.05, 3.63) is 34.9 Å². The van der Waals surface area contributed by atoms with E-state index >= 15 is 0 Å². The topological polar surface area (TPSA) is 71.1 Å². The number of methoxy groups -OCH3 is 2. The van der Waals surface area contributed by atoms with Gasteiger partial charge in [0.2, 0.25) is 5.79 Å². The fourth-order valence-electron chi connectivity index (χ4n) is 2.76. The Morgan fingerprint density at radius 2 is 1.76 bits per heavy atom. The molecular formula is C15H14O6. The third-order valence-corrected chi connectivity index (χ3v) is 3.63. The lowest BCUT2D eigenvalue weighted by atomic mass is 9.84. The summed E-state index contributed by atoms with van der Waals surface area (Å²) in [6.45, 7) is 0.637. The zero-order valence-corrected chi connectivity index (χ0v) is 11.7. The third kappa shape index (κ3) is 1.80. The van der Waals surface area contributed by atoms with E-state index < -0.39 is 5.79 Å². The Morgan fingerprint density at radius 1 is 1.14 bits per heavy atom. The second-order valence-corrected chi connectivity index (χ2v) is 4.62. The number of carbonyl (C=O) groups is 2. The van der Waals surface area contributed by atoms with Crippen LogP contribution < -0.4 is 9.47 Å². The summed E-state index contributed by atoms with van der Waals surface area (Å²) in [6.07, 6.45) is 1.80. The fourth-order valence-corrected chi connectivity index (χ4v) is 2.76. The number of ether oxygens (including phenoxy) is 4. The lowest BCUT2D eigenvalue weighted by Crippen LogP contribution is -2.36. The van der Waals surface area contributed by atoms with Gasteiger partial charge in [-0.2, -0.15) is 0 Å². The molecule has 0 saturated carbocycles. The first-order valence-electron chi connectivity index (χ1n) is 6.43. The van der Waals surface area contributed by atoms with Gasteiger partial charge < -0.3 is 18.9 Å². The predicted molar refractivity (Wildman–Crippen MR) is 71.6 cm³/mol. The molecule has 6 nitrogen and oxygen atoms in total. The molecule has 1 aromatic carbocycles. The highest BCUT2D eigenvalue weighted by Gasteiger charge is 2.50. The van der Waals surface area contributed by atoms with Crippen molar-refractivity contribution in [3.63, 3.8) is 0 Å². The molecule has 6 heteroatoms. The highest BCUT2D eigenvalue weighted by Crippen LogP contribution is 2.49. The summed E-state index contributed by atoms with van der Waals surface area (Å²) < 4.78 is 22.0. The van der Waals surface area contributed by atoms with E-state index in [2.05, 4.69) is 0 Å². The van der Waals surface area contributed by atoms with Crippen molar-refractivity contribution in [2.75, 3.05) is 27.4 Å². The number of benzene rings is 1. The summed E-state index contributed by atoms with van der Waals surface area (Å²) >= 11 is 0. The monoisotopic (exact) mass is 290 g/mol. The summed E-state index contributed by atoms with van der Waals surface area (Å²) in [6, 6.07) is 3.30. The molecule has 1 heterocycles. The van der Waals surface area contributed by atoms with Gasteiger partial charge in [0.15, 0.2) is 12.1 Å². The minimum Gasteiger partial charge on any atom is -0.496 e. The Hall–Kier alpha value is -2.18. The van der Waals surface area contributed by atoms with Gasteiger partial charge in [-0.15, -0.1) is 0 Å². The minimum absolute atomic E-state index is 0.129. The van der Waals surface area contributed by atoms with Crippen LogP contribution in [0.3, 0.4) is 0 Å². The fraction of sp³-hybridized carbons (Fsp3) is 0.333. The standard InChI is InChI=1S/C15H14O6/c1-18-11-3-4-12(19-2)14-13(11)10(17)7-9(8-16)15(14)20-5-6-21-15/h3-4,7-8H,5-6H2,1-2H3. The number of aldehydes is 1. The van der Waals surface area contributed by atoms with E-state index in [1.807, 2.05) is 0 Å². The van der Waals surface area contributed by atoms with Crippen molar-refractivity contribution in [1.82, 2.24) is 0 Å². The van der Waals surface area contributed by atoms with Crippen molar-refractivity contribution >= 4 is 12.1 Å². The summed E-state index contributed by atoms with van der Waals surface area (Å²) in [4.78, 5) is 23.7. The van der Waals surface area contributed by atoms with Crippen molar-refractivity contribution in [2.24, 2.45) is 0 Å². The normalized spacial score (nSPS) is 19.1. The molecule has 1 saturated heterocycles. The predicted octanol–water partition coefficient (Wildman–Crippen LogP) is 1.22. The van der Waals surface area contributed by atoms with Crippen LogP contribution in [0.15, 0.2) is 23.8 Å². The molecule has 3 rings (SSSR count). The number of rotatable bonds is 3. The van der Waals surface area contributed by atoms with Crippen molar-refractivity contribution in [2.45, 2.75) is 5.79 Å². The highest BCUT2D eigenvalue weighted by atomic mass is 16.7. The smallest absolute Gasteiger partial charge is 0.230 e. The number of ketones is 1. The van der Waals surface area contributed by atoms with E-state index in [4.69, 9.17) is 18.9 Å². The van der Waals surface area contributed by atoms with E-state index in [1.54, 1.807) is 12.1 Å². The molecule has 0 amide bonds. The maximum absolute atomic E-state index is 12.4. The van der Waals surface area contributed by atoms with Crippen LogP contribution in [0.2, 0.25) is 0 Å². The number of carbonyl (C=O) groups excluding carboxylic acids is 2. The molecule has 110 valence electrons. The van der Waals surface area contributed by atoms with Gasteiger partial charge in [-0.3, -0.25) is 9.59 Å². The number of hydrogen-bond donors (Lipinski definition) is 0. The Morgan fingerprint density at radius 3 is 2.33 bits per heavy atom. The Balaban J connectivity index is 2.36. The molecule has 0 bridgehead atoms. The largest absolute Gasteiger partial charge is 0.496 e. The molecule has 1 aromatic rings. The highest BCUT2D eigenvalue weighted by molar-refractivity contribution is 6.13. The van der Waals surface area contributed by atoms with Crippen LogP contribution in [-0.2, 0) is 20.1 Å². The van der Waals surface area contributed by atoms with E-state index in [9.17, 15) is 9.59 Å². The summed E-state index contributed by atoms with van der Waals surface area (Å²) in [5.41, 5.74) is 0.810. The molecule has 1 spiro atoms. The van der Waals surface area contributed by atoms with E-state index in [0.717, 1.165) is 0 Å². The lowest BCUT2D eigenvalue weighted by Gasteiger charge is -2.33. The van der Waals surface area contributed by atoms with Crippen LogP contribution in [0, 0.1) is 0 Å². The molecular weight excluding hydrogens is 276 g/mol. The summed E-state index contributed by atoms with van der Waals surface area (Å²) in [7, 11) is 2.95. The van der Waals surface area contributed by atoms with Crippen molar-refractivity contribution in [3.8, 4) is 11.5 Å². The van der Waals surface area contributed by atoms with Gasteiger partial charge in [0.1, 0.15) is 11.5 Å². The van der Waals surface area contributed by atoms with E-state index in [1.165, 1.54) is 20.3 Å². The minimum atomic E-state index is -1.40. The van der Waals surface area contributed by atoms with Crippen LogP contribution in [0.5, 0.6) is 11.5 Å². The van der Waals surface area contributed by atoms with Gasteiger partial charge in [0.05, 0.1) is 44.1 Å². The first-order valence-corrected chi connectivity index (χ1v) is 6.43. The molecule has 0 aromatic heterocycles. The molecule has 1 fully saturated rings. The zero-order chi connectivity index (χ0) is 15.0. The Kier molecular flexibility index (Phi) is 3.27. The summed E-state index contributed by atoms with van der Waals surface area (Å²) in [5.74, 6) is -0.943. The average Bonchev–Trinajstić information content (AvgIpc) is 2.99. The van der Waals surface area contributed by atoms with E-state index in [0.29, 0.717) is 42.1 Å². The van der Waals surface area contributed by atoms with Gasteiger partial charge in [-0.05, 0) is 18.2 Å². The molecule has 21 heavy (non-hydrogen) atoms. The molecule has 1 aliphatic heterocycles. The molecule has 1 aliphatic carbocycles. The average molecular weight is 290 g/mol. The van der Waals surface area contributed by atoms with Gasteiger partial charge in [-0.25, -0.2) is 0 Å². The van der Waals surface area contributed by atoms with Crippen LogP contribution in [-0.4, -0.2) is 39.5 Å². The number of allylic oxidation sites excluding steroid dienone is 1. The maximum Gasteiger partial charge on any atom is 0.230 e. The molecule has 0 unspecified atom stereocenters. The molecule has 0 N–H and O–H groups in total. The number of hydrogen-bond acceptors (Lipinski definition) is 6. The van der Waals surface area contributed by atoms with Crippen LogP contribution in [0.25, 0.3) is 0 Å². The van der Waals surface area contributed by atoms with Gasteiger partial charge in [-0.1, -0.05) is 0 Å². The second kappa shape index (κ2) is 4.98. The van der Waals surface area contributed by atoms with Gasteiger partial charge in [0.25, 0.3) is 0 Å². The van der Waals surface area contributed by atoms with E-state index in [-0.39, 0.29) is 11.4 Å². The maximum atomic E-state index is 12.4. The Bertz CT molecular complexity index is 640. The lowest BCUT2D eigenvalue weighted by molar-refractivity contribution is -0.142. The number of fused-ring (bicyclic) bond motifs is 2. The van der Waals surface area contributed by atoms with Crippen LogP contribution in [0.1, 0.15) is 15.9 Å². The first-order chi connectivity index (χ1) is 10.2. The van der Waals surface area contributed by atoms with Gasteiger partial charge >= 0.3 is 0 Å². The van der Waals surface area contributed by atoms with Crippen molar-refractivity contribution < 1.29 is 28.5 Å². The van der Waals surface area contributed by atoms with Crippen molar-refractivity contribution in [1.29, 1.82) is 0 Å². The second-order valence-electron chi connectivity index (χ2n) is 4.62. The van der Waals surface area contributed by atoms with Crippen LogP contribution in [0.4, 0.5) is 0 Å². The zero-order valence-electron chi connectivity index (χ0n) is 11.7. The third-order valence-electron chi connectivity index (χ3n) is 3.63. The summed E-state index contributed by atoms with van der Waals surface area (Å²) in [5, 5.41) is 0. The van der Waals surface area contributed by atoms with Crippen LogP contribution >= 0.6 is 0 Å². The molecule has 2 aliphatic rings. The quantitative estimate of drug-likeness (QED) is 0.780. The van der Waals surface area contributed by atoms with Gasteiger partial charge in [0, 0.05) is 0 Å². The SMILES string of the molecule is COc1ccc(OC)c2c1C(=O)C=C(C=O)C21OCCO1.